The number of furan rings is 1. The summed E-state index contributed by atoms with van der Waals surface area (Å²) in [6, 6.07) is 9.73. The highest BCUT2D eigenvalue weighted by Gasteiger charge is 2.26. The lowest BCUT2D eigenvalue weighted by Crippen LogP contribution is -2.31. The van der Waals surface area contributed by atoms with Crippen LogP contribution in [0.5, 0.6) is 0 Å². The number of hydrogen-bond acceptors (Lipinski definition) is 5. The molecule has 3 rings (SSSR count). The molecule has 6 nitrogen and oxygen atoms in total. The van der Waals surface area contributed by atoms with Gasteiger partial charge in [-0.05, 0) is 12.1 Å². The predicted octanol–water partition coefficient (Wildman–Crippen LogP) is 1.17. The van der Waals surface area contributed by atoms with E-state index in [-0.39, 0.29) is 11.2 Å². The van der Waals surface area contributed by atoms with Gasteiger partial charge in [-0.2, -0.15) is 0 Å². The molecule has 0 unspecified atom stereocenters. The maximum Gasteiger partial charge on any atom is 0.495 e. The molecule has 0 saturated carbocycles. The summed E-state index contributed by atoms with van der Waals surface area (Å²) in [5.41, 5.74) is 0.455. The van der Waals surface area contributed by atoms with E-state index in [1.54, 1.807) is 24.3 Å². The molecular weight excluding hydrogens is 249 g/mol. The minimum atomic E-state index is -1.92. The summed E-state index contributed by atoms with van der Waals surface area (Å²) < 4.78 is 5.53. The third-order valence-electron chi connectivity index (χ3n) is 3.00. The van der Waals surface area contributed by atoms with Crippen LogP contribution < -0.4 is 5.46 Å². The van der Waals surface area contributed by atoms with Crippen LogP contribution in [0, 0.1) is 10.1 Å². The molecule has 2 aromatic carbocycles. The van der Waals surface area contributed by atoms with Crippen molar-refractivity contribution in [2.75, 3.05) is 0 Å². The van der Waals surface area contributed by atoms with Crippen LogP contribution in [0.3, 0.4) is 0 Å². The fourth-order valence-corrected chi connectivity index (χ4v) is 2.14. The van der Waals surface area contributed by atoms with E-state index in [2.05, 4.69) is 0 Å². The minimum Gasteiger partial charge on any atom is -0.456 e. The lowest BCUT2D eigenvalue weighted by Gasteiger charge is -2.01. The molecule has 0 bridgehead atoms. The molecule has 0 aliphatic rings. The summed E-state index contributed by atoms with van der Waals surface area (Å²) in [6.07, 6.45) is 0. The van der Waals surface area contributed by atoms with Gasteiger partial charge in [0, 0.05) is 16.8 Å². The van der Waals surface area contributed by atoms with Gasteiger partial charge in [-0.1, -0.05) is 18.2 Å². The number of para-hydroxylation sites is 1. The topological polar surface area (TPSA) is 96.7 Å². The smallest absolute Gasteiger partial charge is 0.456 e. The van der Waals surface area contributed by atoms with Gasteiger partial charge >= 0.3 is 7.12 Å². The maximum atomic E-state index is 11.0. The molecule has 0 atom stereocenters. The molecule has 2 N–H and O–H groups in total. The van der Waals surface area contributed by atoms with E-state index in [1.807, 2.05) is 0 Å². The van der Waals surface area contributed by atoms with Crippen molar-refractivity contribution in [3.05, 3.63) is 46.5 Å². The molecule has 3 aromatic rings. The summed E-state index contributed by atoms with van der Waals surface area (Å²) >= 11 is 0. The van der Waals surface area contributed by atoms with Gasteiger partial charge in [-0.15, -0.1) is 0 Å². The Labute approximate surface area is 107 Å². The first-order valence-electron chi connectivity index (χ1n) is 5.53. The summed E-state index contributed by atoms with van der Waals surface area (Å²) in [5, 5.41) is 30.7. The van der Waals surface area contributed by atoms with Crippen LogP contribution in [0.2, 0.25) is 0 Å². The highest BCUT2D eigenvalue weighted by Crippen LogP contribution is 2.30. The van der Waals surface area contributed by atoms with E-state index in [1.165, 1.54) is 12.1 Å². The van der Waals surface area contributed by atoms with E-state index in [0.717, 1.165) is 5.39 Å². The molecule has 1 aromatic heterocycles. The first kappa shape index (κ1) is 11.7. The molecule has 0 aliphatic heterocycles. The Kier molecular flexibility index (Phi) is 2.51. The van der Waals surface area contributed by atoms with Crippen LogP contribution in [0.1, 0.15) is 0 Å². The lowest BCUT2D eigenvalue weighted by molar-refractivity contribution is -0.383. The zero-order valence-corrected chi connectivity index (χ0v) is 9.61. The molecule has 19 heavy (non-hydrogen) atoms. The normalized spacial score (nSPS) is 11.1. The predicted molar refractivity (Wildman–Crippen MR) is 70.2 cm³/mol. The highest BCUT2D eigenvalue weighted by atomic mass is 16.6. The Hall–Kier alpha value is -2.38. The molecule has 94 valence electrons. The van der Waals surface area contributed by atoms with Gasteiger partial charge in [0.2, 0.25) is 0 Å². The largest absolute Gasteiger partial charge is 0.495 e. The van der Waals surface area contributed by atoms with Crippen LogP contribution in [0.15, 0.2) is 40.8 Å². The van der Waals surface area contributed by atoms with E-state index in [4.69, 9.17) is 4.42 Å². The second kappa shape index (κ2) is 4.08. The van der Waals surface area contributed by atoms with Gasteiger partial charge in [0.05, 0.1) is 10.4 Å². The quantitative estimate of drug-likeness (QED) is 0.408. The third kappa shape index (κ3) is 1.76. The first-order valence-corrected chi connectivity index (χ1v) is 5.53. The SMILES string of the molecule is O=[N+]([O-])c1cc2c(cc1B(O)O)oc1ccccc12. The van der Waals surface area contributed by atoms with Crippen LogP contribution >= 0.6 is 0 Å². The van der Waals surface area contributed by atoms with Gasteiger partial charge in [-0.25, -0.2) is 0 Å². The van der Waals surface area contributed by atoms with Crippen molar-refractivity contribution in [2.45, 2.75) is 0 Å². The van der Waals surface area contributed by atoms with Crippen LogP contribution in [0.25, 0.3) is 21.9 Å². The van der Waals surface area contributed by atoms with Gasteiger partial charge in [-0.3, -0.25) is 10.1 Å². The molecule has 7 heteroatoms. The zero-order chi connectivity index (χ0) is 13.6. The number of fused-ring (bicyclic) bond motifs is 3. The van der Waals surface area contributed by atoms with Crippen LogP contribution in [0.4, 0.5) is 5.69 Å². The molecule has 0 saturated heterocycles. The number of benzene rings is 2. The van der Waals surface area contributed by atoms with Crippen molar-refractivity contribution in [1.82, 2.24) is 0 Å². The van der Waals surface area contributed by atoms with Gasteiger partial charge < -0.3 is 14.5 Å². The Balaban J connectivity index is 2.43. The van der Waals surface area contributed by atoms with Crippen molar-refractivity contribution in [3.63, 3.8) is 0 Å². The Morgan fingerprint density at radius 1 is 1.11 bits per heavy atom. The monoisotopic (exact) mass is 257 g/mol. The van der Waals surface area contributed by atoms with E-state index >= 15 is 0 Å². The van der Waals surface area contributed by atoms with Gasteiger partial charge in [0.15, 0.2) is 0 Å². The summed E-state index contributed by atoms with van der Waals surface area (Å²) in [6.45, 7) is 0. The van der Waals surface area contributed by atoms with Crippen molar-refractivity contribution in [1.29, 1.82) is 0 Å². The highest BCUT2D eigenvalue weighted by molar-refractivity contribution is 6.60. The molecule has 0 fully saturated rings. The van der Waals surface area contributed by atoms with Crippen molar-refractivity contribution in [3.8, 4) is 0 Å². The summed E-state index contributed by atoms with van der Waals surface area (Å²) in [4.78, 5) is 10.3. The second-order valence-corrected chi connectivity index (χ2v) is 4.14. The average molecular weight is 257 g/mol. The van der Waals surface area contributed by atoms with Crippen LogP contribution in [-0.2, 0) is 0 Å². The molecule has 0 spiro atoms. The standard InChI is InChI=1S/C12H8BNO5/c15-13(16)9-6-12-8(5-10(9)14(17)18)7-3-1-2-4-11(7)19-12/h1-6,15-16H. The summed E-state index contributed by atoms with van der Waals surface area (Å²) in [5.74, 6) is 0. The maximum absolute atomic E-state index is 11.0. The Morgan fingerprint density at radius 3 is 2.53 bits per heavy atom. The number of rotatable bonds is 2. The number of nitrogens with zero attached hydrogens (tertiary/aromatic N) is 1. The molecule has 0 amide bonds. The van der Waals surface area contributed by atoms with Crippen molar-refractivity contribution >= 4 is 40.2 Å². The zero-order valence-electron chi connectivity index (χ0n) is 9.61. The molecule has 0 aliphatic carbocycles. The number of nitro benzene ring substituents is 1. The fourth-order valence-electron chi connectivity index (χ4n) is 2.14. The minimum absolute atomic E-state index is 0.184. The summed E-state index contributed by atoms with van der Waals surface area (Å²) in [7, 11) is -1.92. The third-order valence-corrected chi connectivity index (χ3v) is 3.00. The fraction of sp³-hybridized carbons (Fsp3) is 0. The van der Waals surface area contributed by atoms with Gasteiger partial charge in [0.1, 0.15) is 11.2 Å². The number of hydrogen-bond donors (Lipinski definition) is 2. The average Bonchev–Trinajstić information content (AvgIpc) is 2.74. The lowest BCUT2D eigenvalue weighted by atomic mass is 9.78. The molecular formula is C12H8BNO5. The van der Waals surface area contributed by atoms with Crippen LogP contribution in [-0.4, -0.2) is 22.1 Å². The van der Waals surface area contributed by atoms with Crippen molar-refractivity contribution < 1.29 is 19.4 Å². The van der Waals surface area contributed by atoms with E-state index < -0.39 is 12.0 Å². The number of nitro groups is 1. The van der Waals surface area contributed by atoms with Crippen molar-refractivity contribution in [2.24, 2.45) is 0 Å². The first-order chi connectivity index (χ1) is 9.08. The molecule has 1 heterocycles. The molecule has 0 radical (unpaired) electrons. The Bertz CT molecular complexity index is 795. The van der Waals surface area contributed by atoms with E-state index in [0.29, 0.717) is 16.6 Å². The second-order valence-electron chi connectivity index (χ2n) is 4.14. The van der Waals surface area contributed by atoms with E-state index in [9.17, 15) is 20.2 Å². The Morgan fingerprint density at radius 2 is 1.84 bits per heavy atom. The van der Waals surface area contributed by atoms with Gasteiger partial charge in [0.25, 0.3) is 5.69 Å².